The van der Waals surface area contributed by atoms with E-state index in [1.807, 2.05) is 6.07 Å². The maximum atomic E-state index is 9.40. The second-order valence-electron chi connectivity index (χ2n) is 5.48. The molecule has 1 aromatic rings. The lowest BCUT2D eigenvalue weighted by Crippen LogP contribution is -2.30. The Morgan fingerprint density at radius 2 is 2.00 bits per heavy atom. The van der Waals surface area contributed by atoms with Gasteiger partial charge in [0.2, 0.25) is 0 Å². The first-order chi connectivity index (χ1) is 9.13. The number of anilines is 2. The molecule has 19 heavy (non-hydrogen) atoms. The van der Waals surface area contributed by atoms with Crippen LogP contribution in [0.2, 0.25) is 0 Å². The van der Waals surface area contributed by atoms with E-state index >= 15 is 0 Å². The molecule has 5 heteroatoms. The van der Waals surface area contributed by atoms with E-state index in [-0.39, 0.29) is 12.6 Å². The molecular weight excluding hydrogens is 240 g/mol. The zero-order valence-electron chi connectivity index (χ0n) is 12.0. The molecule has 0 amide bonds. The largest absolute Gasteiger partial charge is 0.394 e. The third-order valence-electron chi connectivity index (χ3n) is 3.38. The van der Waals surface area contributed by atoms with Crippen molar-refractivity contribution in [2.24, 2.45) is 5.92 Å². The summed E-state index contributed by atoms with van der Waals surface area (Å²) >= 11 is 0. The molecule has 106 valence electrons. The van der Waals surface area contributed by atoms with Crippen LogP contribution in [0.4, 0.5) is 11.6 Å². The SMILES string of the molecule is CCNc1cc(NC(CO)C(C)C)nc(C2CC2)n1. The van der Waals surface area contributed by atoms with Crippen LogP contribution in [0.25, 0.3) is 0 Å². The van der Waals surface area contributed by atoms with E-state index in [4.69, 9.17) is 0 Å². The first kappa shape index (κ1) is 14.1. The van der Waals surface area contributed by atoms with Crippen LogP contribution in [0.5, 0.6) is 0 Å². The predicted molar refractivity (Wildman–Crippen MR) is 77.5 cm³/mol. The van der Waals surface area contributed by atoms with Crippen LogP contribution in [-0.4, -0.2) is 34.3 Å². The Morgan fingerprint density at radius 3 is 2.53 bits per heavy atom. The number of rotatable bonds is 7. The van der Waals surface area contributed by atoms with Gasteiger partial charge in [0.05, 0.1) is 12.6 Å². The number of aromatic nitrogens is 2. The Kier molecular flexibility index (Phi) is 4.58. The highest BCUT2D eigenvalue weighted by atomic mass is 16.3. The van der Waals surface area contributed by atoms with Crippen molar-refractivity contribution in [3.8, 4) is 0 Å². The number of nitrogens with one attached hydrogen (secondary N) is 2. The summed E-state index contributed by atoms with van der Waals surface area (Å²) in [5, 5.41) is 15.9. The summed E-state index contributed by atoms with van der Waals surface area (Å²) in [5.41, 5.74) is 0. The molecule has 5 nitrogen and oxygen atoms in total. The third kappa shape index (κ3) is 3.80. The molecule has 0 spiro atoms. The molecule has 0 bridgehead atoms. The molecule has 0 radical (unpaired) electrons. The number of aliphatic hydroxyl groups excluding tert-OH is 1. The van der Waals surface area contributed by atoms with Gasteiger partial charge in [-0.15, -0.1) is 0 Å². The van der Waals surface area contributed by atoms with Gasteiger partial charge in [-0.25, -0.2) is 9.97 Å². The van der Waals surface area contributed by atoms with Crippen LogP contribution < -0.4 is 10.6 Å². The minimum atomic E-state index is 0.0245. The first-order valence-electron chi connectivity index (χ1n) is 7.14. The molecular formula is C14H24N4O. The highest BCUT2D eigenvalue weighted by molar-refractivity contribution is 5.48. The molecule has 0 aromatic carbocycles. The summed E-state index contributed by atoms with van der Waals surface area (Å²) < 4.78 is 0. The first-order valence-corrected chi connectivity index (χ1v) is 7.14. The molecule has 2 rings (SSSR count). The number of hydrogen-bond donors (Lipinski definition) is 3. The molecule has 1 aliphatic carbocycles. The molecule has 0 aliphatic heterocycles. The average molecular weight is 264 g/mol. The summed E-state index contributed by atoms with van der Waals surface area (Å²) in [6.07, 6.45) is 2.37. The minimum absolute atomic E-state index is 0.0245. The zero-order chi connectivity index (χ0) is 13.8. The van der Waals surface area contributed by atoms with Crippen molar-refractivity contribution in [3.63, 3.8) is 0 Å². The highest BCUT2D eigenvalue weighted by Crippen LogP contribution is 2.38. The van der Waals surface area contributed by atoms with Gasteiger partial charge in [0, 0.05) is 18.5 Å². The quantitative estimate of drug-likeness (QED) is 0.704. The summed E-state index contributed by atoms with van der Waals surface area (Å²) in [7, 11) is 0. The van der Waals surface area contributed by atoms with Crippen molar-refractivity contribution in [1.29, 1.82) is 0 Å². The number of nitrogens with zero attached hydrogens (tertiary/aromatic N) is 2. The molecule has 1 fully saturated rings. The van der Waals surface area contributed by atoms with Crippen molar-refractivity contribution >= 4 is 11.6 Å². The Labute approximate surface area is 114 Å². The Balaban J connectivity index is 2.17. The van der Waals surface area contributed by atoms with Crippen molar-refractivity contribution in [3.05, 3.63) is 11.9 Å². The topological polar surface area (TPSA) is 70.1 Å². The third-order valence-corrected chi connectivity index (χ3v) is 3.38. The van der Waals surface area contributed by atoms with E-state index in [1.54, 1.807) is 0 Å². The maximum Gasteiger partial charge on any atom is 0.136 e. The zero-order valence-corrected chi connectivity index (χ0v) is 12.0. The summed E-state index contributed by atoms with van der Waals surface area (Å²) in [5.74, 6) is 3.46. The molecule has 1 heterocycles. The van der Waals surface area contributed by atoms with Gasteiger partial charge in [-0.2, -0.15) is 0 Å². The fraction of sp³-hybridized carbons (Fsp3) is 0.714. The Bertz CT molecular complexity index is 418. The fourth-order valence-corrected chi connectivity index (χ4v) is 1.95. The molecule has 1 unspecified atom stereocenters. The summed E-state index contributed by atoms with van der Waals surface area (Å²) in [6, 6.07) is 1.94. The van der Waals surface area contributed by atoms with Gasteiger partial charge >= 0.3 is 0 Å². The standard InChI is InChI=1S/C14H24N4O/c1-4-15-12-7-13(16-11(8-19)9(2)3)18-14(17-12)10-5-6-10/h7,9-11,19H,4-6,8H2,1-3H3,(H2,15,16,17,18). The second-order valence-corrected chi connectivity index (χ2v) is 5.48. The van der Waals surface area contributed by atoms with Crippen molar-refractivity contribution in [1.82, 2.24) is 9.97 Å². The molecule has 1 saturated carbocycles. The van der Waals surface area contributed by atoms with Crippen molar-refractivity contribution in [2.45, 2.75) is 45.6 Å². The van der Waals surface area contributed by atoms with Crippen LogP contribution >= 0.6 is 0 Å². The van der Waals surface area contributed by atoms with E-state index in [2.05, 4.69) is 41.4 Å². The predicted octanol–water partition coefficient (Wildman–Crippen LogP) is 2.21. The second kappa shape index (κ2) is 6.19. The number of hydrogen-bond acceptors (Lipinski definition) is 5. The van der Waals surface area contributed by atoms with Crippen LogP contribution in [0.1, 0.15) is 45.4 Å². The van der Waals surface area contributed by atoms with Crippen LogP contribution in [0.3, 0.4) is 0 Å². The van der Waals surface area contributed by atoms with E-state index in [0.29, 0.717) is 11.8 Å². The van der Waals surface area contributed by atoms with Crippen LogP contribution in [-0.2, 0) is 0 Å². The van der Waals surface area contributed by atoms with E-state index in [0.717, 1.165) is 24.0 Å². The highest BCUT2D eigenvalue weighted by Gasteiger charge is 2.27. The van der Waals surface area contributed by atoms with Gasteiger partial charge in [-0.05, 0) is 25.7 Å². The maximum absolute atomic E-state index is 9.40. The van der Waals surface area contributed by atoms with E-state index in [9.17, 15) is 5.11 Å². The normalized spacial score (nSPS) is 16.5. The summed E-state index contributed by atoms with van der Waals surface area (Å²) in [4.78, 5) is 9.11. The van der Waals surface area contributed by atoms with Gasteiger partial charge in [-0.1, -0.05) is 13.8 Å². The van der Waals surface area contributed by atoms with Crippen molar-refractivity contribution < 1.29 is 5.11 Å². The smallest absolute Gasteiger partial charge is 0.136 e. The lowest BCUT2D eigenvalue weighted by Gasteiger charge is -2.21. The monoisotopic (exact) mass is 264 g/mol. The van der Waals surface area contributed by atoms with E-state index in [1.165, 1.54) is 12.8 Å². The van der Waals surface area contributed by atoms with Crippen molar-refractivity contribution in [2.75, 3.05) is 23.8 Å². The molecule has 1 atom stereocenters. The fourth-order valence-electron chi connectivity index (χ4n) is 1.95. The van der Waals surface area contributed by atoms with Gasteiger partial charge < -0.3 is 15.7 Å². The number of aliphatic hydroxyl groups is 1. The lowest BCUT2D eigenvalue weighted by molar-refractivity contribution is 0.249. The van der Waals surface area contributed by atoms with Gasteiger partial charge in [-0.3, -0.25) is 0 Å². The molecule has 3 N–H and O–H groups in total. The lowest BCUT2D eigenvalue weighted by atomic mass is 10.1. The summed E-state index contributed by atoms with van der Waals surface area (Å²) in [6.45, 7) is 7.17. The molecule has 1 aliphatic rings. The van der Waals surface area contributed by atoms with E-state index < -0.39 is 0 Å². The Morgan fingerprint density at radius 1 is 1.32 bits per heavy atom. The average Bonchev–Trinajstić information content (AvgIpc) is 3.20. The molecule has 0 saturated heterocycles. The molecule has 1 aromatic heterocycles. The van der Waals surface area contributed by atoms with Crippen LogP contribution in [0.15, 0.2) is 6.07 Å². The Hall–Kier alpha value is -1.36. The van der Waals surface area contributed by atoms with Gasteiger partial charge in [0.15, 0.2) is 0 Å². The van der Waals surface area contributed by atoms with Gasteiger partial charge in [0.1, 0.15) is 17.5 Å². The van der Waals surface area contributed by atoms with Crippen LogP contribution in [0, 0.1) is 5.92 Å². The minimum Gasteiger partial charge on any atom is -0.394 e. The van der Waals surface area contributed by atoms with Gasteiger partial charge in [0.25, 0.3) is 0 Å².